The summed E-state index contributed by atoms with van der Waals surface area (Å²) >= 11 is 0. The number of fused-ring (bicyclic) bond motifs is 1. The van der Waals surface area contributed by atoms with Gasteiger partial charge < -0.3 is 15.0 Å². The van der Waals surface area contributed by atoms with Gasteiger partial charge in [-0.15, -0.1) is 0 Å². The molecule has 0 aliphatic carbocycles. The van der Waals surface area contributed by atoms with Crippen LogP contribution in [0.2, 0.25) is 0 Å². The molecule has 150 valence electrons. The molecule has 0 aliphatic rings. The van der Waals surface area contributed by atoms with Crippen molar-refractivity contribution in [2.24, 2.45) is 0 Å². The molecule has 29 heavy (non-hydrogen) atoms. The van der Waals surface area contributed by atoms with Gasteiger partial charge in [0.2, 0.25) is 0 Å². The van der Waals surface area contributed by atoms with Crippen molar-refractivity contribution in [3.63, 3.8) is 0 Å². The normalized spacial score (nSPS) is 14.7. The average molecular weight is 398 g/mol. The van der Waals surface area contributed by atoms with Crippen LogP contribution in [0.15, 0.2) is 67.4 Å². The van der Waals surface area contributed by atoms with Crippen molar-refractivity contribution in [3.8, 4) is 0 Å². The largest absolute Gasteiger partial charge is 0.478 e. The van der Waals surface area contributed by atoms with Crippen molar-refractivity contribution in [1.29, 1.82) is 0 Å². The van der Waals surface area contributed by atoms with Gasteiger partial charge in [-0.1, -0.05) is 24.3 Å². The van der Waals surface area contributed by atoms with E-state index in [1.165, 1.54) is 6.33 Å². The molecule has 2 aromatic carbocycles. The Morgan fingerprint density at radius 3 is 2.72 bits per heavy atom. The molecule has 0 atom stereocenters. The summed E-state index contributed by atoms with van der Waals surface area (Å²) in [4.78, 5) is 17.8. The number of aromatic amines is 1. The van der Waals surface area contributed by atoms with E-state index in [0.717, 1.165) is 22.0 Å². The quantitative estimate of drug-likeness (QED) is 0.521. The second kappa shape index (κ2) is 9.66. The van der Waals surface area contributed by atoms with Crippen LogP contribution in [0.3, 0.4) is 0 Å². The van der Waals surface area contributed by atoms with Crippen LogP contribution in [0.5, 0.6) is 0 Å². The van der Waals surface area contributed by atoms with E-state index in [1.54, 1.807) is 47.5 Å². The summed E-state index contributed by atoms with van der Waals surface area (Å²) in [5.41, 5.74) is 3.14. The zero-order valence-corrected chi connectivity index (χ0v) is 15.6. The molecule has 2 aromatic heterocycles. The van der Waals surface area contributed by atoms with Crippen molar-refractivity contribution in [1.82, 2.24) is 24.6 Å². The van der Waals surface area contributed by atoms with Gasteiger partial charge in [-0.3, -0.25) is 0 Å². The van der Waals surface area contributed by atoms with Gasteiger partial charge in [-0.2, -0.15) is 5.10 Å². The number of H-pyrrole nitrogens is 1. The van der Waals surface area contributed by atoms with E-state index in [-0.39, 0.29) is 6.54 Å². The summed E-state index contributed by atoms with van der Waals surface area (Å²) in [6, 6.07) is 14.2. The van der Waals surface area contributed by atoms with Gasteiger partial charge >= 0.3 is 5.97 Å². The Bertz CT molecular complexity index is 1220. The van der Waals surface area contributed by atoms with Crippen LogP contribution in [-0.4, -0.2) is 56.2 Å². The van der Waals surface area contributed by atoms with Crippen molar-refractivity contribution < 1.29 is 18.1 Å². The summed E-state index contributed by atoms with van der Waals surface area (Å²) in [5, 5.41) is 13.4. The highest BCUT2D eigenvalue weighted by Crippen LogP contribution is 2.21. The lowest BCUT2D eigenvalue weighted by atomic mass is 10.1. The molecular formula is C22H25N5O2. The number of aromatic carboxylic acids is 1. The molecule has 0 radical (unpaired) electrons. The highest BCUT2D eigenvalue weighted by atomic mass is 16.4. The predicted molar refractivity (Wildman–Crippen MR) is 113 cm³/mol. The van der Waals surface area contributed by atoms with Crippen LogP contribution in [0, 0.1) is 0 Å². The Labute approximate surface area is 178 Å². The molecule has 7 nitrogen and oxygen atoms in total. The number of carboxylic acids is 1. The summed E-state index contributed by atoms with van der Waals surface area (Å²) in [5.74, 6) is -0.879. The molecule has 7 heteroatoms. The molecule has 0 bridgehead atoms. The maximum Gasteiger partial charge on any atom is 0.335 e. The first kappa shape index (κ1) is 13.7. The maximum absolute atomic E-state index is 10.2. The summed E-state index contributed by atoms with van der Waals surface area (Å²) < 4.78 is 46.4. The molecule has 0 amide bonds. The Balaban J connectivity index is 0.000000320. The number of carbonyl (C=O) groups is 1. The fraction of sp³-hybridized carbons (Fsp3) is 0.227. The number of hydrogen-bond donors (Lipinski definition) is 2. The molecule has 0 unspecified atom stereocenters. The van der Waals surface area contributed by atoms with E-state index in [4.69, 9.17) is 13.3 Å². The summed E-state index contributed by atoms with van der Waals surface area (Å²) in [7, 11) is 0. The highest BCUT2D eigenvalue weighted by molar-refractivity contribution is 5.87. The van der Waals surface area contributed by atoms with Gasteiger partial charge in [0.05, 0.1) is 12.1 Å². The van der Waals surface area contributed by atoms with E-state index in [9.17, 15) is 4.79 Å². The third-order valence-corrected chi connectivity index (χ3v) is 4.27. The molecule has 0 spiro atoms. The second-order valence-electron chi connectivity index (χ2n) is 6.36. The van der Waals surface area contributed by atoms with E-state index in [2.05, 4.69) is 15.1 Å². The third kappa shape index (κ3) is 5.76. The van der Waals surface area contributed by atoms with Gasteiger partial charge in [0, 0.05) is 31.9 Å². The number of aromatic nitrogens is 4. The van der Waals surface area contributed by atoms with Crippen LogP contribution in [0.25, 0.3) is 10.9 Å². The van der Waals surface area contributed by atoms with E-state index in [1.807, 2.05) is 18.2 Å². The smallest absolute Gasteiger partial charge is 0.335 e. The van der Waals surface area contributed by atoms with Crippen LogP contribution < -0.4 is 0 Å². The van der Waals surface area contributed by atoms with Crippen LogP contribution in [-0.2, 0) is 13.0 Å². The Morgan fingerprint density at radius 1 is 1.24 bits per heavy atom. The van der Waals surface area contributed by atoms with Crippen molar-refractivity contribution in [2.75, 3.05) is 20.5 Å². The number of carboxylic acid groups (broad SMARTS) is 1. The minimum atomic E-state index is -2.67. The van der Waals surface area contributed by atoms with Crippen molar-refractivity contribution in [3.05, 3.63) is 84.1 Å². The van der Waals surface area contributed by atoms with Crippen LogP contribution in [0.1, 0.15) is 29.7 Å². The van der Waals surface area contributed by atoms with E-state index in [0.29, 0.717) is 23.4 Å². The minimum absolute atomic E-state index is 0.0900. The molecule has 4 aromatic rings. The first-order chi connectivity index (χ1) is 16.4. The van der Waals surface area contributed by atoms with E-state index >= 15 is 0 Å². The SMILES string of the molecule is O=C(O)c1ccccc1.[2H]C([2H])([2H])N(CCc1c[nH]c2ccc(Cn3cncn3)cc12)C([2H])([2H])[2H]. The molecular weight excluding hydrogens is 366 g/mol. The predicted octanol–water partition coefficient (Wildman–Crippen LogP) is 3.30. The maximum atomic E-state index is 10.2. The zero-order chi connectivity index (χ0) is 25.6. The lowest BCUT2D eigenvalue weighted by Crippen LogP contribution is -2.14. The fourth-order valence-electron chi connectivity index (χ4n) is 2.85. The molecule has 0 saturated carbocycles. The Hall–Kier alpha value is -3.45. The Morgan fingerprint density at radius 2 is 2.07 bits per heavy atom. The van der Waals surface area contributed by atoms with Gasteiger partial charge in [-0.05, 0) is 55.8 Å². The van der Waals surface area contributed by atoms with Gasteiger partial charge in [-0.25, -0.2) is 14.5 Å². The number of nitrogens with one attached hydrogen (secondary N) is 1. The first-order valence-corrected chi connectivity index (χ1v) is 8.92. The highest BCUT2D eigenvalue weighted by Gasteiger charge is 2.06. The number of likely N-dealkylation sites (N-methyl/N-ethyl adjacent to an activating group) is 1. The average Bonchev–Trinajstić information content (AvgIpc) is 3.43. The van der Waals surface area contributed by atoms with Gasteiger partial charge in [0.1, 0.15) is 12.7 Å². The zero-order valence-electron chi connectivity index (χ0n) is 21.6. The number of hydrogen-bond acceptors (Lipinski definition) is 4. The van der Waals surface area contributed by atoms with Crippen LogP contribution in [0.4, 0.5) is 0 Å². The first-order valence-electron chi connectivity index (χ1n) is 11.9. The van der Waals surface area contributed by atoms with Crippen molar-refractivity contribution >= 4 is 16.9 Å². The topological polar surface area (TPSA) is 87.0 Å². The summed E-state index contributed by atoms with van der Waals surface area (Å²) in [6.07, 6.45) is 5.20. The molecule has 0 saturated heterocycles. The number of rotatable bonds is 6. The standard InChI is InChI=1S/C15H19N5.C7H6O2/c1-19(2)6-5-13-8-17-15-4-3-12(7-14(13)15)9-20-11-16-10-18-20;8-7(9)6-4-2-1-3-5-6/h3-4,7-8,10-11,17H,5-6,9H2,1-2H3;1-5H,(H,8,9)/i1D3,2D3;. The van der Waals surface area contributed by atoms with Crippen molar-refractivity contribution in [2.45, 2.75) is 13.0 Å². The molecule has 2 heterocycles. The second-order valence-corrected chi connectivity index (χ2v) is 6.36. The lowest BCUT2D eigenvalue weighted by molar-refractivity contribution is 0.0697. The van der Waals surface area contributed by atoms with Crippen LogP contribution >= 0.6 is 0 Å². The molecule has 0 aliphatic heterocycles. The molecule has 4 rings (SSSR count). The summed E-state index contributed by atoms with van der Waals surface area (Å²) in [6.45, 7) is -4.87. The lowest BCUT2D eigenvalue weighted by Gasteiger charge is -2.08. The molecule has 2 N–H and O–H groups in total. The molecule has 0 fully saturated rings. The number of benzene rings is 2. The number of nitrogens with zero attached hydrogens (tertiary/aromatic N) is 4. The third-order valence-electron chi connectivity index (χ3n) is 4.27. The monoisotopic (exact) mass is 397 g/mol. The minimum Gasteiger partial charge on any atom is -0.478 e. The van der Waals surface area contributed by atoms with Gasteiger partial charge in [0.15, 0.2) is 0 Å². The van der Waals surface area contributed by atoms with E-state index < -0.39 is 19.9 Å². The Kier molecular flexibility index (Phi) is 4.56. The van der Waals surface area contributed by atoms with Gasteiger partial charge in [0.25, 0.3) is 0 Å². The fourth-order valence-corrected chi connectivity index (χ4v) is 2.85.